The summed E-state index contributed by atoms with van der Waals surface area (Å²) in [7, 11) is 1.75. The van der Waals surface area contributed by atoms with Gasteiger partial charge < -0.3 is 10.1 Å². The number of ether oxygens (including phenoxy) is 1. The van der Waals surface area contributed by atoms with Crippen molar-refractivity contribution in [1.82, 2.24) is 5.32 Å². The Morgan fingerprint density at radius 1 is 1.28 bits per heavy atom. The molecule has 0 radical (unpaired) electrons. The van der Waals surface area contributed by atoms with Crippen molar-refractivity contribution in [1.29, 1.82) is 0 Å². The molecule has 1 atom stereocenters. The molecule has 1 aliphatic heterocycles. The maximum absolute atomic E-state index is 5.49. The van der Waals surface area contributed by atoms with Crippen molar-refractivity contribution in [2.24, 2.45) is 0 Å². The second-order valence-electron chi connectivity index (χ2n) is 6.86. The maximum Gasteiger partial charge on any atom is 0.122 e. The minimum absolute atomic E-state index is 0.114. The second kappa shape index (κ2) is 4.27. The summed E-state index contributed by atoms with van der Waals surface area (Å²) in [6.45, 7) is 12.3. The molecule has 0 bridgehead atoms. The van der Waals surface area contributed by atoms with Gasteiger partial charge in [0, 0.05) is 18.0 Å². The summed E-state index contributed by atoms with van der Waals surface area (Å²) in [5.41, 5.74) is 3.04. The van der Waals surface area contributed by atoms with Crippen LogP contribution in [0.3, 0.4) is 0 Å². The third-order valence-corrected chi connectivity index (χ3v) is 4.07. The third-order valence-electron chi connectivity index (χ3n) is 4.07. The summed E-state index contributed by atoms with van der Waals surface area (Å²) in [4.78, 5) is 0. The van der Waals surface area contributed by atoms with Crippen molar-refractivity contribution in [3.63, 3.8) is 0 Å². The van der Waals surface area contributed by atoms with Gasteiger partial charge in [-0.25, -0.2) is 0 Å². The molecule has 1 saturated heterocycles. The number of hydrogen-bond donors (Lipinski definition) is 1. The van der Waals surface area contributed by atoms with Gasteiger partial charge in [0.05, 0.1) is 7.11 Å². The highest BCUT2D eigenvalue weighted by Gasteiger charge is 2.39. The van der Waals surface area contributed by atoms with Gasteiger partial charge in [-0.1, -0.05) is 32.9 Å². The first-order chi connectivity index (χ1) is 8.25. The van der Waals surface area contributed by atoms with Crippen LogP contribution in [-0.2, 0) is 5.41 Å². The smallest absolute Gasteiger partial charge is 0.122 e. The highest BCUT2D eigenvalue weighted by atomic mass is 16.5. The Kier molecular flexibility index (Phi) is 3.18. The molecule has 18 heavy (non-hydrogen) atoms. The lowest BCUT2D eigenvalue weighted by molar-refractivity contribution is 0.208. The molecule has 0 aliphatic carbocycles. The van der Waals surface area contributed by atoms with Gasteiger partial charge >= 0.3 is 0 Å². The molecule has 1 unspecified atom stereocenters. The standard InChI is InChI=1S/C16H25NO/c1-15(2,3)12-9-11(7-8-14(12)18-6)13-10-17-16(13,4)5/h7-9,13,17H,10H2,1-6H3. The number of rotatable bonds is 2. The van der Waals surface area contributed by atoms with E-state index in [0.29, 0.717) is 5.92 Å². The predicted molar refractivity (Wildman–Crippen MR) is 76.5 cm³/mol. The molecule has 1 aromatic rings. The van der Waals surface area contributed by atoms with E-state index in [9.17, 15) is 0 Å². The highest BCUT2D eigenvalue weighted by molar-refractivity contribution is 5.44. The number of hydrogen-bond acceptors (Lipinski definition) is 2. The van der Waals surface area contributed by atoms with E-state index in [1.807, 2.05) is 0 Å². The lowest BCUT2D eigenvalue weighted by Gasteiger charge is -2.46. The van der Waals surface area contributed by atoms with Gasteiger partial charge in [0.1, 0.15) is 5.75 Å². The molecule has 2 nitrogen and oxygen atoms in total. The Labute approximate surface area is 111 Å². The van der Waals surface area contributed by atoms with Gasteiger partial charge in [0.25, 0.3) is 0 Å². The lowest BCUT2D eigenvalue weighted by atomic mass is 9.73. The molecule has 1 N–H and O–H groups in total. The van der Waals surface area contributed by atoms with Crippen molar-refractivity contribution < 1.29 is 4.74 Å². The van der Waals surface area contributed by atoms with E-state index < -0.39 is 0 Å². The van der Waals surface area contributed by atoms with Gasteiger partial charge in [-0.2, -0.15) is 0 Å². The number of benzene rings is 1. The van der Waals surface area contributed by atoms with E-state index in [-0.39, 0.29) is 11.0 Å². The molecule has 0 spiro atoms. The van der Waals surface area contributed by atoms with E-state index in [1.165, 1.54) is 11.1 Å². The second-order valence-corrected chi connectivity index (χ2v) is 6.86. The average Bonchev–Trinajstić information content (AvgIpc) is 2.26. The third kappa shape index (κ3) is 2.26. The summed E-state index contributed by atoms with van der Waals surface area (Å²) < 4.78 is 5.49. The summed E-state index contributed by atoms with van der Waals surface area (Å²) >= 11 is 0. The van der Waals surface area contributed by atoms with Gasteiger partial charge in [-0.15, -0.1) is 0 Å². The summed E-state index contributed by atoms with van der Waals surface area (Å²) in [6.07, 6.45) is 0. The molecule has 2 heteroatoms. The molecular formula is C16H25NO. The van der Waals surface area contributed by atoms with Crippen LogP contribution in [0.2, 0.25) is 0 Å². The first kappa shape index (κ1) is 13.4. The molecule has 1 heterocycles. The fourth-order valence-corrected chi connectivity index (χ4v) is 2.68. The zero-order valence-electron chi connectivity index (χ0n) is 12.4. The van der Waals surface area contributed by atoms with Gasteiger partial charge in [-0.3, -0.25) is 0 Å². The zero-order chi connectivity index (χ0) is 13.6. The van der Waals surface area contributed by atoms with Crippen LogP contribution in [0.4, 0.5) is 0 Å². The maximum atomic E-state index is 5.49. The van der Waals surface area contributed by atoms with E-state index in [2.05, 4.69) is 58.1 Å². The molecule has 0 aromatic heterocycles. The minimum Gasteiger partial charge on any atom is -0.496 e. The Morgan fingerprint density at radius 2 is 1.94 bits per heavy atom. The molecule has 1 fully saturated rings. The largest absolute Gasteiger partial charge is 0.496 e. The monoisotopic (exact) mass is 247 g/mol. The summed E-state index contributed by atoms with van der Waals surface area (Å²) in [5.74, 6) is 1.60. The summed E-state index contributed by atoms with van der Waals surface area (Å²) in [5, 5.41) is 3.49. The van der Waals surface area contributed by atoms with E-state index in [0.717, 1.165) is 12.3 Å². The van der Waals surface area contributed by atoms with Crippen LogP contribution >= 0.6 is 0 Å². The number of nitrogens with one attached hydrogen (secondary N) is 1. The highest BCUT2D eigenvalue weighted by Crippen LogP contribution is 2.39. The zero-order valence-corrected chi connectivity index (χ0v) is 12.4. The van der Waals surface area contributed by atoms with Crippen molar-refractivity contribution in [3.8, 4) is 5.75 Å². The van der Waals surface area contributed by atoms with Gasteiger partial charge in [-0.05, 0) is 36.5 Å². The fraction of sp³-hybridized carbons (Fsp3) is 0.625. The van der Waals surface area contributed by atoms with E-state index >= 15 is 0 Å². The lowest BCUT2D eigenvalue weighted by Crippen LogP contribution is -2.59. The topological polar surface area (TPSA) is 21.3 Å². The Morgan fingerprint density at radius 3 is 2.33 bits per heavy atom. The van der Waals surface area contributed by atoms with Crippen LogP contribution in [0.25, 0.3) is 0 Å². The van der Waals surface area contributed by atoms with Crippen molar-refractivity contribution in [2.75, 3.05) is 13.7 Å². The van der Waals surface area contributed by atoms with Crippen LogP contribution in [-0.4, -0.2) is 19.2 Å². The SMILES string of the molecule is COc1ccc(C2CNC2(C)C)cc1C(C)(C)C. The van der Waals surface area contributed by atoms with E-state index in [1.54, 1.807) is 7.11 Å². The predicted octanol–water partition coefficient (Wildman–Crippen LogP) is 3.46. The van der Waals surface area contributed by atoms with Crippen LogP contribution in [0.5, 0.6) is 5.75 Å². The Hall–Kier alpha value is -1.02. The summed E-state index contributed by atoms with van der Waals surface area (Å²) in [6, 6.07) is 6.65. The molecule has 2 rings (SSSR count). The molecule has 1 aromatic carbocycles. The van der Waals surface area contributed by atoms with Crippen LogP contribution in [0.1, 0.15) is 51.7 Å². The fourth-order valence-electron chi connectivity index (χ4n) is 2.68. The van der Waals surface area contributed by atoms with Crippen molar-refractivity contribution >= 4 is 0 Å². The normalized spacial score (nSPS) is 22.4. The first-order valence-electron chi connectivity index (χ1n) is 6.69. The molecule has 100 valence electrons. The molecular weight excluding hydrogens is 222 g/mol. The Bertz CT molecular complexity index is 443. The minimum atomic E-state index is 0.114. The van der Waals surface area contributed by atoms with Crippen molar-refractivity contribution in [2.45, 2.75) is 51.5 Å². The quantitative estimate of drug-likeness (QED) is 0.864. The van der Waals surface area contributed by atoms with Crippen LogP contribution < -0.4 is 10.1 Å². The molecule has 0 amide bonds. The van der Waals surface area contributed by atoms with Crippen LogP contribution in [0.15, 0.2) is 18.2 Å². The average molecular weight is 247 g/mol. The molecule has 0 saturated carbocycles. The number of methoxy groups -OCH3 is 1. The first-order valence-corrected chi connectivity index (χ1v) is 6.69. The molecule has 1 aliphatic rings. The van der Waals surface area contributed by atoms with Crippen LogP contribution in [0, 0.1) is 0 Å². The van der Waals surface area contributed by atoms with Crippen molar-refractivity contribution in [3.05, 3.63) is 29.3 Å². The van der Waals surface area contributed by atoms with Gasteiger partial charge in [0.2, 0.25) is 0 Å². The van der Waals surface area contributed by atoms with E-state index in [4.69, 9.17) is 4.74 Å². The van der Waals surface area contributed by atoms with Gasteiger partial charge in [0.15, 0.2) is 0 Å². The Balaban J connectivity index is 2.41.